The van der Waals surface area contributed by atoms with E-state index in [1.54, 1.807) is 0 Å². The van der Waals surface area contributed by atoms with Gasteiger partial charge < -0.3 is 12.4 Å². The van der Waals surface area contributed by atoms with Gasteiger partial charge in [0.05, 0.1) is 0 Å². The van der Waals surface area contributed by atoms with Crippen LogP contribution in [0.25, 0.3) is 0 Å². The second-order valence-electron chi connectivity index (χ2n) is 5.57. The van der Waals surface area contributed by atoms with Crippen LogP contribution in [0.2, 0.25) is 0 Å². The molecule has 3 rings (SSSR count). The molecule has 0 aliphatic carbocycles. The van der Waals surface area contributed by atoms with Crippen molar-refractivity contribution in [2.24, 2.45) is 0 Å². The topological polar surface area (TPSA) is 27.7 Å². The average molecular weight is 405 g/mol. The molecule has 3 aromatic rings. The Hall–Kier alpha value is -1.46. The molecule has 0 heterocycles. The summed E-state index contributed by atoms with van der Waals surface area (Å²) in [7, 11) is 0. The van der Waals surface area contributed by atoms with E-state index in [9.17, 15) is 0 Å². The summed E-state index contributed by atoms with van der Waals surface area (Å²) in [5, 5.41) is 0. The van der Waals surface area contributed by atoms with Gasteiger partial charge in [0.2, 0.25) is 0 Å². The van der Waals surface area contributed by atoms with Crippen molar-refractivity contribution in [1.29, 1.82) is 0 Å². The van der Waals surface area contributed by atoms with Gasteiger partial charge in [-0.1, -0.05) is 0 Å². The first-order valence-electron chi connectivity index (χ1n) is 8.27. The Kier molecular flexibility index (Phi) is 9.64. The summed E-state index contributed by atoms with van der Waals surface area (Å²) >= 11 is -2.55. The predicted molar refractivity (Wildman–Crippen MR) is 93.7 cm³/mol. The molecule has 26 heavy (non-hydrogen) atoms. The van der Waals surface area contributed by atoms with Crippen LogP contribution >= 0.6 is 0 Å². The minimum absolute atomic E-state index is 0. The summed E-state index contributed by atoms with van der Waals surface area (Å²) in [6, 6.07) is 30.3. The maximum absolute atomic E-state index is 5.99. The summed E-state index contributed by atoms with van der Waals surface area (Å²) in [6.07, 6.45) is 0. The van der Waals surface area contributed by atoms with E-state index in [1.807, 2.05) is 91.0 Å². The van der Waals surface area contributed by atoms with Gasteiger partial charge in [-0.3, -0.25) is 0 Å². The molecular weight excluding hydrogens is 384 g/mol. The van der Waals surface area contributed by atoms with Crippen LogP contribution < -0.4 is 12.4 Å². The monoisotopic (exact) mass is 404 g/mol. The molecule has 0 spiro atoms. The molecule has 0 aliphatic rings. The molecule has 0 N–H and O–H groups in total. The van der Waals surface area contributed by atoms with Gasteiger partial charge in [0.15, 0.2) is 0 Å². The van der Waals surface area contributed by atoms with Gasteiger partial charge in [0, 0.05) is 0 Å². The summed E-state index contributed by atoms with van der Waals surface area (Å²) in [5.74, 6) is 0. The third kappa shape index (κ3) is 7.42. The SMILES string of the molecule is [Cl-].c1ccc(C[O][Ti+]([O]Cc2ccccc2)[O]Cc2ccccc2)cc1. The Morgan fingerprint density at radius 2 is 0.731 bits per heavy atom. The van der Waals surface area contributed by atoms with E-state index in [-0.39, 0.29) is 12.4 Å². The number of hydrogen-bond acceptors (Lipinski definition) is 3. The number of benzene rings is 3. The Morgan fingerprint density at radius 1 is 0.462 bits per heavy atom. The summed E-state index contributed by atoms with van der Waals surface area (Å²) in [5.41, 5.74) is 3.37. The molecule has 0 fully saturated rings. The van der Waals surface area contributed by atoms with Crippen molar-refractivity contribution in [3.05, 3.63) is 108 Å². The van der Waals surface area contributed by atoms with E-state index >= 15 is 0 Å². The molecule has 3 nitrogen and oxygen atoms in total. The molecule has 5 heteroatoms. The van der Waals surface area contributed by atoms with Crippen molar-refractivity contribution in [2.75, 3.05) is 0 Å². The Balaban J connectivity index is 0.00000243. The quantitative estimate of drug-likeness (QED) is 0.511. The summed E-state index contributed by atoms with van der Waals surface area (Å²) in [6.45, 7) is 1.54. The van der Waals surface area contributed by atoms with Crippen molar-refractivity contribution in [1.82, 2.24) is 0 Å². The van der Waals surface area contributed by atoms with Gasteiger partial charge in [-0.2, -0.15) is 0 Å². The molecule has 3 aromatic carbocycles. The predicted octanol–water partition coefficient (Wildman–Crippen LogP) is 2.00. The van der Waals surface area contributed by atoms with Crippen molar-refractivity contribution in [3.8, 4) is 0 Å². The second kappa shape index (κ2) is 12.0. The second-order valence-corrected chi connectivity index (χ2v) is 7.71. The molecule has 0 saturated heterocycles. The van der Waals surface area contributed by atoms with Crippen molar-refractivity contribution in [3.63, 3.8) is 0 Å². The number of rotatable bonds is 9. The van der Waals surface area contributed by atoms with Crippen LogP contribution in [0.4, 0.5) is 0 Å². The fourth-order valence-corrected chi connectivity index (χ4v) is 4.00. The van der Waals surface area contributed by atoms with Gasteiger partial charge in [0.1, 0.15) is 0 Å². The molecule has 0 bridgehead atoms. The zero-order valence-electron chi connectivity index (χ0n) is 14.4. The van der Waals surface area contributed by atoms with Gasteiger partial charge in [-0.25, -0.2) is 0 Å². The van der Waals surface area contributed by atoms with E-state index in [4.69, 9.17) is 9.96 Å². The van der Waals surface area contributed by atoms with Crippen LogP contribution in [0.5, 0.6) is 0 Å². The Morgan fingerprint density at radius 3 is 1.00 bits per heavy atom. The van der Waals surface area contributed by atoms with Crippen molar-refractivity contribution >= 4 is 0 Å². The van der Waals surface area contributed by atoms with Crippen LogP contribution in [-0.2, 0) is 48.8 Å². The van der Waals surface area contributed by atoms with Gasteiger partial charge in [-0.05, 0) is 0 Å². The molecular formula is C21H21ClO3Ti. The molecule has 0 amide bonds. The molecule has 0 unspecified atom stereocenters. The van der Waals surface area contributed by atoms with E-state index in [1.165, 1.54) is 0 Å². The first-order valence-corrected chi connectivity index (χ1v) is 10.2. The standard InChI is InChI=1S/3C7H7O.ClH.Ti/c3*8-6-7-4-2-1-3-5-7;;/h3*1-5H,6H2;1H;/q3*-1;;+4/p-1. The molecule has 0 saturated carbocycles. The van der Waals surface area contributed by atoms with Gasteiger partial charge in [0.25, 0.3) is 0 Å². The first-order chi connectivity index (χ1) is 12.4. The molecule has 0 aliphatic heterocycles. The van der Waals surface area contributed by atoms with Crippen LogP contribution in [0, 0.1) is 0 Å². The Bertz CT molecular complexity index is 623. The van der Waals surface area contributed by atoms with Crippen LogP contribution in [-0.4, -0.2) is 0 Å². The first kappa shape index (κ1) is 20.9. The molecule has 134 valence electrons. The van der Waals surface area contributed by atoms with Gasteiger partial charge in [-0.15, -0.1) is 0 Å². The fraction of sp³-hybridized carbons (Fsp3) is 0.143. The van der Waals surface area contributed by atoms with Crippen LogP contribution in [0.1, 0.15) is 16.7 Å². The maximum atomic E-state index is 5.99. The Labute approximate surface area is 168 Å². The van der Waals surface area contributed by atoms with E-state index < -0.39 is 19.0 Å². The van der Waals surface area contributed by atoms with E-state index in [2.05, 4.69) is 0 Å². The van der Waals surface area contributed by atoms with Crippen molar-refractivity contribution in [2.45, 2.75) is 19.8 Å². The van der Waals surface area contributed by atoms with E-state index in [0.717, 1.165) is 16.7 Å². The average Bonchev–Trinajstić information content (AvgIpc) is 2.70. The molecule has 0 aromatic heterocycles. The zero-order chi connectivity index (χ0) is 17.2. The normalized spacial score (nSPS) is 10.2. The van der Waals surface area contributed by atoms with Gasteiger partial charge >= 0.3 is 156 Å². The number of halogens is 1. The number of hydrogen-bond donors (Lipinski definition) is 0. The summed E-state index contributed by atoms with van der Waals surface area (Å²) in [4.78, 5) is 0. The third-order valence-electron chi connectivity index (χ3n) is 3.60. The molecule has 0 radical (unpaired) electrons. The van der Waals surface area contributed by atoms with Crippen molar-refractivity contribution < 1.29 is 41.4 Å². The fourth-order valence-electron chi connectivity index (χ4n) is 2.27. The minimum atomic E-state index is -2.55. The third-order valence-corrected chi connectivity index (χ3v) is 5.38. The summed E-state index contributed by atoms with van der Waals surface area (Å²) < 4.78 is 18.0. The molecule has 0 atom stereocenters. The van der Waals surface area contributed by atoms with Crippen LogP contribution in [0.15, 0.2) is 91.0 Å². The van der Waals surface area contributed by atoms with Crippen LogP contribution in [0.3, 0.4) is 0 Å². The zero-order valence-corrected chi connectivity index (χ0v) is 16.7. The van der Waals surface area contributed by atoms with E-state index in [0.29, 0.717) is 19.8 Å².